The van der Waals surface area contributed by atoms with Crippen LogP contribution in [0.4, 0.5) is 0 Å². The van der Waals surface area contributed by atoms with Crippen molar-refractivity contribution in [2.45, 2.75) is 51.4 Å². The fourth-order valence-electron chi connectivity index (χ4n) is 3.15. The van der Waals surface area contributed by atoms with Crippen molar-refractivity contribution in [3.8, 4) is 5.75 Å². The van der Waals surface area contributed by atoms with Gasteiger partial charge >= 0.3 is 0 Å². The molecule has 124 valence electrons. The zero-order valence-electron chi connectivity index (χ0n) is 14.5. The highest BCUT2D eigenvalue weighted by Gasteiger charge is 2.32. The first-order valence-electron chi connectivity index (χ1n) is 8.25. The van der Waals surface area contributed by atoms with Gasteiger partial charge in [-0.3, -0.25) is 0 Å². The quantitative estimate of drug-likeness (QED) is 0.526. The summed E-state index contributed by atoms with van der Waals surface area (Å²) in [5.41, 5.74) is 4.63. The van der Waals surface area contributed by atoms with E-state index in [-0.39, 0.29) is 5.16 Å². The third-order valence-corrected chi connectivity index (χ3v) is 7.32. The second-order valence-corrected chi connectivity index (χ2v) is 8.27. The Morgan fingerprint density at radius 1 is 1.09 bits per heavy atom. The molecule has 0 saturated carbocycles. The molecule has 1 atom stereocenters. The van der Waals surface area contributed by atoms with Crippen molar-refractivity contribution < 1.29 is 5.11 Å². The number of hydrogen-bond donors (Lipinski definition) is 2. The van der Waals surface area contributed by atoms with Crippen molar-refractivity contribution in [2.24, 2.45) is 0 Å². The number of thiol groups is 1. The molecular formula is C20H27OPS. The molecule has 2 aromatic carbocycles. The monoisotopic (exact) mass is 346 g/mol. The first kappa shape index (κ1) is 18.4. The Labute approximate surface area is 147 Å². The summed E-state index contributed by atoms with van der Waals surface area (Å²) in [6.07, 6.45) is 2.03. The van der Waals surface area contributed by atoms with Crippen LogP contribution in [-0.4, -0.2) is 5.11 Å². The van der Waals surface area contributed by atoms with Gasteiger partial charge in [0.2, 0.25) is 0 Å². The standard InChI is InChI=1S/C20H27OPS/c1-5-20(6-2,17-9-7-8-15(4)19(17)21)22-18-11-10-14(3)12-16(18)13-23/h7-12,21-23H,5-6,13H2,1-4H3. The van der Waals surface area contributed by atoms with Crippen LogP contribution in [0.25, 0.3) is 0 Å². The molecule has 0 aliphatic rings. The van der Waals surface area contributed by atoms with Gasteiger partial charge in [0.15, 0.2) is 0 Å². The largest absolute Gasteiger partial charge is 0.507 e. The Balaban J connectivity index is 2.52. The number of phenols is 1. The summed E-state index contributed by atoms with van der Waals surface area (Å²) in [5, 5.41) is 12.0. The van der Waals surface area contributed by atoms with Crippen LogP contribution < -0.4 is 5.30 Å². The Morgan fingerprint density at radius 3 is 2.39 bits per heavy atom. The minimum absolute atomic E-state index is 0.0109. The van der Waals surface area contributed by atoms with Crippen LogP contribution in [-0.2, 0) is 10.9 Å². The molecule has 0 amide bonds. The molecule has 1 unspecified atom stereocenters. The van der Waals surface area contributed by atoms with Gasteiger partial charge in [0.05, 0.1) is 0 Å². The minimum atomic E-state index is -0.0109. The van der Waals surface area contributed by atoms with E-state index in [1.165, 1.54) is 16.4 Å². The highest BCUT2D eigenvalue weighted by atomic mass is 32.1. The van der Waals surface area contributed by atoms with Crippen LogP contribution in [0.15, 0.2) is 36.4 Å². The molecule has 0 aliphatic heterocycles. The molecule has 23 heavy (non-hydrogen) atoms. The fourth-order valence-corrected chi connectivity index (χ4v) is 5.26. The number of aromatic hydroxyl groups is 1. The molecule has 2 aromatic rings. The van der Waals surface area contributed by atoms with Crippen LogP contribution in [0.3, 0.4) is 0 Å². The molecule has 3 heteroatoms. The number of aryl methyl sites for hydroxylation is 2. The van der Waals surface area contributed by atoms with E-state index < -0.39 is 0 Å². The topological polar surface area (TPSA) is 20.2 Å². The van der Waals surface area contributed by atoms with Crippen LogP contribution in [0.2, 0.25) is 0 Å². The summed E-state index contributed by atoms with van der Waals surface area (Å²) >= 11 is 4.51. The Kier molecular flexibility index (Phi) is 6.17. The lowest BCUT2D eigenvalue weighted by molar-refractivity contribution is 0.444. The van der Waals surface area contributed by atoms with Gasteiger partial charge in [0.1, 0.15) is 5.75 Å². The first-order chi connectivity index (χ1) is 11.0. The van der Waals surface area contributed by atoms with Crippen LogP contribution >= 0.6 is 21.2 Å². The van der Waals surface area contributed by atoms with Crippen molar-refractivity contribution >= 4 is 26.5 Å². The maximum absolute atomic E-state index is 10.6. The fraction of sp³-hybridized carbons (Fsp3) is 0.400. The summed E-state index contributed by atoms with van der Waals surface area (Å²) in [5.74, 6) is 1.22. The molecule has 0 aliphatic carbocycles. The number of rotatable bonds is 6. The molecule has 0 fully saturated rings. The molecule has 0 bridgehead atoms. The molecule has 0 spiro atoms. The van der Waals surface area contributed by atoms with E-state index in [1.807, 2.05) is 13.0 Å². The number of para-hydroxylation sites is 1. The van der Waals surface area contributed by atoms with E-state index in [0.717, 1.165) is 29.7 Å². The number of benzene rings is 2. The van der Waals surface area contributed by atoms with E-state index >= 15 is 0 Å². The van der Waals surface area contributed by atoms with Crippen molar-refractivity contribution in [1.82, 2.24) is 0 Å². The predicted octanol–water partition coefficient (Wildman–Crippen LogP) is 5.46. The molecule has 1 N–H and O–H groups in total. The van der Waals surface area contributed by atoms with E-state index in [2.05, 4.69) is 63.7 Å². The van der Waals surface area contributed by atoms with Gasteiger partial charge in [0.25, 0.3) is 0 Å². The van der Waals surface area contributed by atoms with Gasteiger partial charge < -0.3 is 5.11 Å². The predicted molar refractivity (Wildman–Crippen MR) is 107 cm³/mol. The summed E-state index contributed by atoms with van der Waals surface area (Å²) in [6.45, 7) is 8.56. The van der Waals surface area contributed by atoms with Crippen LogP contribution in [0.5, 0.6) is 5.75 Å². The van der Waals surface area contributed by atoms with Crippen LogP contribution in [0, 0.1) is 13.8 Å². The molecule has 1 nitrogen and oxygen atoms in total. The zero-order chi connectivity index (χ0) is 17.0. The van der Waals surface area contributed by atoms with Gasteiger partial charge in [-0.25, -0.2) is 0 Å². The number of hydrogen-bond acceptors (Lipinski definition) is 2. The van der Waals surface area contributed by atoms with Gasteiger partial charge in [0, 0.05) is 16.5 Å². The Hall–Kier alpha value is -0.980. The van der Waals surface area contributed by atoms with Gasteiger partial charge in [-0.2, -0.15) is 12.6 Å². The highest BCUT2D eigenvalue weighted by molar-refractivity contribution is 7.79. The van der Waals surface area contributed by atoms with Gasteiger partial charge in [-0.05, 0) is 43.1 Å². The van der Waals surface area contributed by atoms with E-state index in [0.29, 0.717) is 14.3 Å². The molecule has 0 saturated heterocycles. The second-order valence-electron chi connectivity index (χ2n) is 6.20. The highest BCUT2D eigenvalue weighted by Crippen LogP contribution is 2.50. The molecule has 0 aromatic heterocycles. The lowest BCUT2D eigenvalue weighted by Crippen LogP contribution is -2.23. The van der Waals surface area contributed by atoms with E-state index in [4.69, 9.17) is 0 Å². The van der Waals surface area contributed by atoms with Gasteiger partial charge in [-0.1, -0.05) is 64.4 Å². The summed E-state index contributed by atoms with van der Waals surface area (Å²) < 4.78 is 0. The average Bonchev–Trinajstić information content (AvgIpc) is 2.56. The smallest absolute Gasteiger partial charge is 0.122 e. The Morgan fingerprint density at radius 2 is 1.78 bits per heavy atom. The van der Waals surface area contributed by atoms with Crippen molar-refractivity contribution in [3.63, 3.8) is 0 Å². The summed E-state index contributed by atoms with van der Waals surface area (Å²) in [4.78, 5) is 0. The third kappa shape index (κ3) is 3.75. The molecule has 0 heterocycles. The normalized spacial score (nSPS) is 12.2. The van der Waals surface area contributed by atoms with Crippen LogP contribution in [0.1, 0.15) is 48.9 Å². The van der Waals surface area contributed by atoms with Crippen molar-refractivity contribution in [3.05, 3.63) is 58.7 Å². The van der Waals surface area contributed by atoms with Crippen molar-refractivity contribution in [2.75, 3.05) is 0 Å². The average molecular weight is 346 g/mol. The minimum Gasteiger partial charge on any atom is -0.507 e. The van der Waals surface area contributed by atoms with E-state index in [9.17, 15) is 5.11 Å². The van der Waals surface area contributed by atoms with Crippen molar-refractivity contribution in [1.29, 1.82) is 0 Å². The first-order valence-corrected chi connectivity index (χ1v) is 9.88. The summed E-state index contributed by atoms with van der Waals surface area (Å²) in [7, 11) is 0.629. The van der Waals surface area contributed by atoms with Gasteiger partial charge in [-0.15, -0.1) is 0 Å². The number of phenolic OH excluding ortho intramolecular Hbond substituents is 1. The molecular weight excluding hydrogens is 319 g/mol. The summed E-state index contributed by atoms with van der Waals surface area (Å²) in [6, 6.07) is 12.8. The molecule has 0 radical (unpaired) electrons. The lowest BCUT2D eigenvalue weighted by atomic mass is 9.90. The zero-order valence-corrected chi connectivity index (χ0v) is 16.4. The molecule has 2 rings (SSSR count). The van der Waals surface area contributed by atoms with E-state index in [1.54, 1.807) is 0 Å². The maximum atomic E-state index is 10.6. The SMILES string of the molecule is CCC(CC)(Pc1ccc(C)cc1CS)c1cccc(C)c1O. The third-order valence-electron chi connectivity index (χ3n) is 4.77. The second kappa shape index (κ2) is 7.73. The maximum Gasteiger partial charge on any atom is 0.122 e. The lowest BCUT2D eigenvalue weighted by Gasteiger charge is -2.34. The Bertz CT molecular complexity index is 677.